The molecule has 0 amide bonds. The van der Waals surface area contributed by atoms with E-state index >= 15 is 0 Å². The van der Waals surface area contributed by atoms with Gasteiger partial charge in [0, 0.05) is 40.8 Å². The third-order valence-corrected chi connectivity index (χ3v) is 4.59. The highest BCUT2D eigenvalue weighted by molar-refractivity contribution is 6.00. The highest BCUT2D eigenvalue weighted by atomic mass is 19.2. The van der Waals surface area contributed by atoms with Crippen molar-refractivity contribution in [2.24, 2.45) is 0 Å². The predicted octanol–water partition coefficient (Wildman–Crippen LogP) is 3.00. The van der Waals surface area contributed by atoms with E-state index < -0.39 is 23.0 Å². The van der Waals surface area contributed by atoms with Crippen LogP contribution in [0.1, 0.15) is 19.8 Å². The van der Waals surface area contributed by atoms with Crippen LogP contribution in [0.5, 0.6) is 5.75 Å². The fourth-order valence-corrected chi connectivity index (χ4v) is 3.33. The van der Waals surface area contributed by atoms with Gasteiger partial charge in [0.15, 0.2) is 17.5 Å². The molecule has 4 rings (SSSR count). The highest BCUT2D eigenvalue weighted by Gasteiger charge is 2.38. The SMILES string of the molecule is C[C@]1(O)C[C@@H](Nc2nnc(-c3cc(F)c(F)cc3O)c3ccncc23)C1. The van der Waals surface area contributed by atoms with Crippen LogP contribution in [0.4, 0.5) is 14.6 Å². The Morgan fingerprint density at radius 1 is 1.15 bits per heavy atom. The van der Waals surface area contributed by atoms with Crippen molar-refractivity contribution in [2.45, 2.75) is 31.4 Å². The van der Waals surface area contributed by atoms with Crippen LogP contribution in [0.3, 0.4) is 0 Å². The number of rotatable bonds is 3. The number of benzene rings is 1. The molecule has 1 fully saturated rings. The standard InChI is InChI=1S/C18H16F2N4O2/c1-18(26)6-9(7-18)22-17-12-8-21-3-2-10(12)16(23-24-17)11-4-13(19)14(20)5-15(11)25/h2-5,8-9,25-26H,6-7H2,1H3,(H,22,24)/t9-,18+. The van der Waals surface area contributed by atoms with Crippen molar-refractivity contribution in [1.82, 2.24) is 15.2 Å². The minimum absolute atomic E-state index is 0.0470. The van der Waals surface area contributed by atoms with Crippen LogP contribution in [-0.4, -0.2) is 37.0 Å². The molecule has 134 valence electrons. The molecule has 0 radical (unpaired) electrons. The Bertz CT molecular complexity index is 1000. The van der Waals surface area contributed by atoms with Crippen LogP contribution in [-0.2, 0) is 0 Å². The van der Waals surface area contributed by atoms with Gasteiger partial charge in [0.25, 0.3) is 0 Å². The molecule has 1 aliphatic carbocycles. The molecule has 1 aromatic carbocycles. The van der Waals surface area contributed by atoms with Crippen molar-refractivity contribution in [2.75, 3.05) is 5.32 Å². The van der Waals surface area contributed by atoms with Crippen molar-refractivity contribution >= 4 is 16.6 Å². The van der Waals surface area contributed by atoms with Crippen molar-refractivity contribution in [3.05, 3.63) is 42.2 Å². The lowest BCUT2D eigenvalue weighted by Gasteiger charge is -2.41. The number of nitrogens with zero attached hydrogens (tertiary/aromatic N) is 3. The van der Waals surface area contributed by atoms with Gasteiger partial charge in [-0.15, -0.1) is 10.2 Å². The van der Waals surface area contributed by atoms with E-state index in [9.17, 15) is 19.0 Å². The summed E-state index contributed by atoms with van der Waals surface area (Å²) in [5.41, 5.74) is -0.410. The molecule has 8 heteroatoms. The largest absolute Gasteiger partial charge is 0.507 e. The Labute approximate surface area is 147 Å². The van der Waals surface area contributed by atoms with Gasteiger partial charge in [0.05, 0.1) is 5.60 Å². The smallest absolute Gasteiger partial charge is 0.162 e. The van der Waals surface area contributed by atoms with Crippen molar-refractivity contribution < 1.29 is 19.0 Å². The zero-order valence-corrected chi connectivity index (χ0v) is 13.9. The molecule has 3 N–H and O–H groups in total. The molecule has 2 heterocycles. The number of anilines is 1. The van der Waals surface area contributed by atoms with Gasteiger partial charge in [0.1, 0.15) is 11.4 Å². The van der Waals surface area contributed by atoms with Crippen LogP contribution < -0.4 is 5.32 Å². The Hall–Kier alpha value is -2.87. The number of phenols is 1. The van der Waals surface area contributed by atoms with E-state index in [1.807, 2.05) is 0 Å². The second-order valence-corrected chi connectivity index (χ2v) is 6.85. The quantitative estimate of drug-likeness (QED) is 0.667. The molecule has 0 bridgehead atoms. The fraction of sp³-hybridized carbons (Fsp3) is 0.278. The molecular formula is C18H16F2N4O2. The highest BCUT2D eigenvalue weighted by Crippen LogP contribution is 2.37. The van der Waals surface area contributed by atoms with Gasteiger partial charge < -0.3 is 15.5 Å². The van der Waals surface area contributed by atoms with Crippen molar-refractivity contribution in [3.63, 3.8) is 0 Å². The summed E-state index contributed by atoms with van der Waals surface area (Å²) in [4.78, 5) is 4.09. The molecule has 0 atom stereocenters. The molecule has 6 nitrogen and oxygen atoms in total. The number of hydrogen-bond donors (Lipinski definition) is 3. The lowest BCUT2D eigenvalue weighted by atomic mass is 9.77. The number of aliphatic hydroxyl groups is 1. The first-order chi connectivity index (χ1) is 12.3. The first-order valence-electron chi connectivity index (χ1n) is 8.12. The van der Waals surface area contributed by atoms with Gasteiger partial charge in [-0.2, -0.15) is 0 Å². The van der Waals surface area contributed by atoms with E-state index in [1.165, 1.54) is 0 Å². The minimum atomic E-state index is -1.14. The van der Waals surface area contributed by atoms with Gasteiger partial charge in [-0.1, -0.05) is 0 Å². The van der Waals surface area contributed by atoms with Crippen LogP contribution in [0.2, 0.25) is 0 Å². The maximum atomic E-state index is 13.6. The van der Waals surface area contributed by atoms with Crippen molar-refractivity contribution in [3.8, 4) is 17.0 Å². The number of nitrogens with one attached hydrogen (secondary N) is 1. The molecule has 2 aromatic heterocycles. The van der Waals surface area contributed by atoms with E-state index in [-0.39, 0.29) is 17.3 Å². The Morgan fingerprint density at radius 3 is 2.62 bits per heavy atom. The van der Waals surface area contributed by atoms with Crippen LogP contribution in [0, 0.1) is 11.6 Å². The normalized spacial score (nSPS) is 22.2. The number of halogens is 2. The molecule has 0 unspecified atom stereocenters. The molecule has 0 saturated heterocycles. The second kappa shape index (κ2) is 5.84. The van der Waals surface area contributed by atoms with E-state index in [0.717, 1.165) is 6.07 Å². The summed E-state index contributed by atoms with van der Waals surface area (Å²) < 4.78 is 26.9. The first-order valence-corrected chi connectivity index (χ1v) is 8.12. The summed E-state index contributed by atoms with van der Waals surface area (Å²) in [5.74, 6) is -2.16. The predicted molar refractivity (Wildman–Crippen MR) is 91.6 cm³/mol. The molecule has 0 spiro atoms. The molecule has 26 heavy (non-hydrogen) atoms. The van der Waals surface area contributed by atoms with E-state index in [4.69, 9.17) is 0 Å². The Morgan fingerprint density at radius 2 is 1.88 bits per heavy atom. The average Bonchev–Trinajstić information content (AvgIpc) is 2.57. The Kier molecular flexibility index (Phi) is 3.73. The van der Waals surface area contributed by atoms with E-state index in [2.05, 4.69) is 20.5 Å². The summed E-state index contributed by atoms with van der Waals surface area (Å²) in [5, 5.41) is 32.6. The topological polar surface area (TPSA) is 91.2 Å². The van der Waals surface area contributed by atoms with Crippen molar-refractivity contribution in [1.29, 1.82) is 0 Å². The summed E-state index contributed by atoms with van der Waals surface area (Å²) in [6.45, 7) is 1.77. The summed E-state index contributed by atoms with van der Waals surface area (Å²) in [7, 11) is 0. The van der Waals surface area contributed by atoms with Gasteiger partial charge in [-0.3, -0.25) is 4.98 Å². The van der Waals surface area contributed by atoms with Crippen LogP contribution in [0.15, 0.2) is 30.6 Å². The molecule has 3 aromatic rings. The van der Waals surface area contributed by atoms with E-state index in [0.29, 0.717) is 35.5 Å². The van der Waals surface area contributed by atoms with Gasteiger partial charge in [-0.25, -0.2) is 8.78 Å². The number of aromatic nitrogens is 3. The zero-order chi connectivity index (χ0) is 18.5. The number of hydrogen-bond acceptors (Lipinski definition) is 6. The van der Waals surface area contributed by atoms with Gasteiger partial charge in [0.2, 0.25) is 0 Å². The summed E-state index contributed by atoms with van der Waals surface area (Å²) in [6, 6.07) is 3.33. The summed E-state index contributed by atoms with van der Waals surface area (Å²) >= 11 is 0. The molecule has 0 aliphatic heterocycles. The molecule has 1 aliphatic rings. The first kappa shape index (κ1) is 16.6. The number of phenolic OH excluding ortho intramolecular Hbond substituents is 1. The van der Waals surface area contributed by atoms with Gasteiger partial charge in [-0.05, 0) is 31.9 Å². The van der Waals surface area contributed by atoms with Crippen LogP contribution in [0.25, 0.3) is 22.0 Å². The third kappa shape index (κ3) is 2.82. The number of pyridine rings is 1. The molecular weight excluding hydrogens is 342 g/mol. The second-order valence-electron chi connectivity index (χ2n) is 6.85. The third-order valence-electron chi connectivity index (χ3n) is 4.59. The monoisotopic (exact) mass is 358 g/mol. The van der Waals surface area contributed by atoms with Gasteiger partial charge >= 0.3 is 0 Å². The maximum Gasteiger partial charge on any atom is 0.162 e. The van der Waals surface area contributed by atoms with Crippen LogP contribution >= 0.6 is 0 Å². The molecule has 1 saturated carbocycles. The minimum Gasteiger partial charge on any atom is -0.507 e. The zero-order valence-electron chi connectivity index (χ0n) is 13.9. The number of aromatic hydroxyl groups is 1. The lowest BCUT2D eigenvalue weighted by Crippen LogP contribution is -2.48. The summed E-state index contributed by atoms with van der Waals surface area (Å²) in [6.07, 6.45) is 4.30. The fourth-order valence-electron chi connectivity index (χ4n) is 3.33. The number of fused-ring (bicyclic) bond motifs is 1. The Balaban J connectivity index is 1.79. The average molecular weight is 358 g/mol. The maximum absolute atomic E-state index is 13.6. The van der Waals surface area contributed by atoms with E-state index in [1.54, 1.807) is 25.4 Å². The lowest BCUT2D eigenvalue weighted by molar-refractivity contribution is -0.0235.